The van der Waals surface area contributed by atoms with Crippen LogP contribution in [0.1, 0.15) is 6.42 Å². The van der Waals surface area contributed by atoms with Gasteiger partial charge in [0.15, 0.2) is 5.83 Å². The number of rotatable bonds is 4. The zero-order valence-corrected chi connectivity index (χ0v) is 6.98. The van der Waals surface area contributed by atoms with Crippen LogP contribution in [-0.4, -0.2) is 37.0 Å². The molecule has 0 radical (unpaired) electrons. The quantitative estimate of drug-likeness (QED) is 0.618. The van der Waals surface area contributed by atoms with Crippen LogP contribution in [-0.2, 0) is 4.79 Å². The Kier molecular flexibility index (Phi) is 3.22. The summed E-state index contributed by atoms with van der Waals surface area (Å²) in [5, 5.41) is 2.43. The van der Waals surface area contributed by atoms with Gasteiger partial charge >= 0.3 is 0 Å². The molecule has 4 heteroatoms. The van der Waals surface area contributed by atoms with Crippen molar-refractivity contribution in [3.05, 3.63) is 12.4 Å². The summed E-state index contributed by atoms with van der Waals surface area (Å²) in [5.41, 5.74) is 0. The van der Waals surface area contributed by atoms with E-state index in [1.54, 1.807) is 0 Å². The third-order valence-electron chi connectivity index (χ3n) is 1.91. The smallest absolute Gasteiger partial charge is 0.279 e. The average Bonchev–Trinajstić information content (AvgIpc) is 1.93. The van der Waals surface area contributed by atoms with Crippen LogP contribution in [0, 0.1) is 0 Å². The second-order valence-corrected chi connectivity index (χ2v) is 2.86. The molecular formula is C8H13FN2O. The van der Waals surface area contributed by atoms with Crippen LogP contribution in [0.25, 0.3) is 0 Å². The molecule has 1 fully saturated rings. The summed E-state index contributed by atoms with van der Waals surface area (Å²) in [5.74, 6) is -1.62. The SMILES string of the molecule is C=C(F)C(=O)NCCN1CCC1. The largest absolute Gasteiger partial charge is 0.349 e. The Labute approximate surface area is 71.2 Å². The van der Waals surface area contributed by atoms with Gasteiger partial charge in [0.1, 0.15) is 0 Å². The molecular weight excluding hydrogens is 159 g/mol. The van der Waals surface area contributed by atoms with Crippen LogP contribution in [0.2, 0.25) is 0 Å². The maximum absolute atomic E-state index is 12.1. The van der Waals surface area contributed by atoms with Crippen LogP contribution in [0.4, 0.5) is 4.39 Å². The van der Waals surface area contributed by atoms with Crippen LogP contribution < -0.4 is 5.32 Å². The fourth-order valence-electron chi connectivity index (χ4n) is 1.03. The molecule has 0 spiro atoms. The van der Waals surface area contributed by atoms with E-state index >= 15 is 0 Å². The number of nitrogens with zero attached hydrogens (tertiary/aromatic N) is 1. The molecule has 1 aliphatic heterocycles. The van der Waals surface area contributed by atoms with Crippen molar-refractivity contribution in [2.24, 2.45) is 0 Å². The second-order valence-electron chi connectivity index (χ2n) is 2.86. The van der Waals surface area contributed by atoms with E-state index in [2.05, 4.69) is 16.8 Å². The van der Waals surface area contributed by atoms with Gasteiger partial charge in [-0.1, -0.05) is 6.58 Å². The van der Waals surface area contributed by atoms with Gasteiger partial charge in [-0.2, -0.15) is 0 Å². The Balaban J connectivity index is 2.01. The summed E-state index contributed by atoms with van der Waals surface area (Å²) >= 11 is 0. The highest BCUT2D eigenvalue weighted by atomic mass is 19.1. The van der Waals surface area contributed by atoms with E-state index < -0.39 is 11.7 Å². The van der Waals surface area contributed by atoms with Gasteiger partial charge in [-0.3, -0.25) is 4.79 Å². The number of nitrogens with one attached hydrogen (secondary N) is 1. The molecule has 0 aromatic heterocycles. The number of hydrogen-bond donors (Lipinski definition) is 1. The Morgan fingerprint density at radius 2 is 2.25 bits per heavy atom. The first kappa shape index (κ1) is 9.19. The molecule has 0 aromatic rings. The monoisotopic (exact) mass is 172 g/mol. The molecule has 12 heavy (non-hydrogen) atoms. The number of amides is 1. The normalized spacial score (nSPS) is 16.8. The van der Waals surface area contributed by atoms with E-state index in [9.17, 15) is 9.18 Å². The molecule has 0 bridgehead atoms. The number of likely N-dealkylation sites (tertiary alicyclic amines) is 1. The van der Waals surface area contributed by atoms with Crippen molar-refractivity contribution in [1.82, 2.24) is 10.2 Å². The molecule has 68 valence electrons. The molecule has 1 aliphatic rings. The summed E-state index contributed by atoms with van der Waals surface area (Å²) in [6.45, 7) is 6.38. The first-order valence-electron chi connectivity index (χ1n) is 4.05. The summed E-state index contributed by atoms with van der Waals surface area (Å²) in [4.78, 5) is 12.8. The first-order valence-corrected chi connectivity index (χ1v) is 4.05. The Morgan fingerprint density at radius 3 is 2.67 bits per heavy atom. The molecule has 0 unspecified atom stereocenters. The van der Waals surface area contributed by atoms with Crippen LogP contribution in [0.5, 0.6) is 0 Å². The van der Waals surface area contributed by atoms with E-state index in [0.29, 0.717) is 6.54 Å². The van der Waals surface area contributed by atoms with Crippen LogP contribution in [0.3, 0.4) is 0 Å². The fourth-order valence-corrected chi connectivity index (χ4v) is 1.03. The lowest BCUT2D eigenvalue weighted by Gasteiger charge is -2.30. The third kappa shape index (κ3) is 2.62. The number of halogens is 1. The zero-order valence-electron chi connectivity index (χ0n) is 6.98. The minimum Gasteiger partial charge on any atom is -0.349 e. The summed E-state index contributed by atoms with van der Waals surface area (Å²) < 4.78 is 12.1. The molecule has 1 heterocycles. The van der Waals surface area contributed by atoms with Crippen LogP contribution >= 0.6 is 0 Å². The number of carbonyl (C=O) groups is 1. The molecule has 0 aliphatic carbocycles. The topological polar surface area (TPSA) is 32.3 Å². The van der Waals surface area contributed by atoms with Gasteiger partial charge in [-0.05, 0) is 19.5 Å². The lowest BCUT2D eigenvalue weighted by atomic mass is 10.2. The average molecular weight is 172 g/mol. The maximum Gasteiger partial charge on any atom is 0.279 e. The van der Waals surface area contributed by atoms with Gasteiger partial charge in [0.05, 0.1) is 0 Å². The van der Waals surface area contributed by atoms with E-state index in [4.69, 9.17) is 0 Å². The maximum atomic E-state index is 12.1. The van der Waals surface area contributed by atoms with Crippen molar-refractivity contribution in [2.75, 3.05) is 26.2 Å². The van der Waals surface area contributed by atoms with Crippen molar-refractivity contribution >= 4 is 5.91 Å². The number of hydrogen-bond acceptors (Lipinski definition) is 2. The molecule has 1 saturated heterocycles. The van der Waals surface area contributed by atoms with Gasteiger partial charge in [-0.15, -0.1) is 0 Å². The molecule has 1 N–H and O–H groups in total. The summed E-state index contributed by atoms with van der Waals surface area (Å²) in [6, 6.07) is 0. The van der Waals surface area contributed by atoms with Crippen molar-refractivity contribution in [1.29, 1.82) is 0 Å². The molecule has 3 nitrogen and oxygen atoms in total. The Hall–Kier alpha value is -0.900. The fraction of sp³-hybridized carbons (Fsp3) is 0.625. The predicted octanol–water partition coefficient (Wildman–Crippen LogP) is 0.291. The Bertz CT molecular complexity index is 189. The van der Waals surface area contributed by atoms with E-state index in [-0.39, 0.29) is 0 Å². The lowest BCUT2D eigenvalue weighted by Crippen LogP contribution is -2.42. The minimum absolute atomic E-state index is 0.502. The van der Waals surface area contributed by atoms with Crippen molar-refractivity contribution in [3.8, 4) is 0 Å². The highest BCUT2D eigenvalue weighted by Gasteiger charge is 2.13. The predicted molar refractivity (Wildman–Crippen MR) is 44.3 cm³/mol. The molecule has 0 aromatic carbocycles. The van der Waals surface area contributed by atoms with Gasteiger partial charge in [-0.25, -0.2) is 4.39 Å². The van der Waals surface area contributed by atoms with Crippen LogP contribution in [0.15, 0.2) is 12.4 Å². The van der Waals surface area contributed by atoms with Gasteiger partial charge in [0.2, 0.25) is 0 Å². The molecule has 0 saturated carbocycles. The molecule has 1 amide bonds. The standard InChI is InChI=1S/C8H13FN2O/c1-7(9)8(12)10-3-6-11-4-2-5-11/h1-6H2,(H,10,12). The number of carbonyl (C=O) groups excluding carboxylic acids is 1. The Morgan fingerprint density at radius 1 is 1.58 bits per heavy atom. The van der Waals surface area contributed by atoms with Gasteiger partial charge in [0, 0.05) is 13.1 Å². The highest BCUT2D eigenvalue weighted by Crippen LogP contribution is 2.03. The third-order valence-corrected chi connectivity index (χ3v) is 1.91. The van der Waals surface area contributed by atoms with E-state index in [1.165, 1.54) is 6.42 Å². The lowest BCUT2D eigenvalue weighted by molar-refractivity contribution is -0.118. The van der Waals surface area contributed by atoms with E-state index in [1.807, 2.05) is 0 Å². The summed E-state index contributed by atoms with van der Waals surface area (Å²) in [6.07, 6.45) is 1.23. The summed E-state index contributed by atoms with van der Waals surface area (Å²) in [7, 11) is 0. The molecule has 0 atom stereocenters. The van der Waals surface area contributed by atoms with Crippen molar-refractivity contribution in [3.63, 3.8) is 0 Å². The van der Waals surface area contributed by atoms with Crippen molar-refractivity contribution in [2.45, 2.75) is 6.42 Å². The first-order chi connectivity index (χ1) is 5.70. The van der Waals surface area contributed by atoms with Crippen molar-refractivity contribution < 1.29 is 9.18 Å². The highest BCUT2D eigenvalue weighted by molar-refractivity contribution is 5.90. The van der Waals surface area contributed by atoms with Gasteiger partial charge in [0.25, 0.3) is 5.91 Å². The zero-order chi connectivity index (χ0) is 8.97. The van der Waals surface area contributed by atoms with Gasteiger partial charge < -0.3 is 10.2 Å². The van der Waals surface area contributed by atoms with E-state index in [0.717, 1.165) is 19.6 Å². The minimum atomic E-state index is -0.918. The second kappa shape index (κ2) is 4.21. The molecule has 1 rings (SSSR count).